The Morgan fingerprint density at radius 2 is 1.71 bits per heavy atom. The molecule has 2 amide bonds. The summed E-state index contributed by atoms with van der Waals surface area (Å²) in [6.45, 7) is 1.40. The smallest absolute Gasteiger partial charge is 0.251 e. The number of carbonyl (C=O) groups is 2. The fraction of sp³-hybridized carbons (Fsp3) is 0.619. The van der Waals surface area contributed by atoms with Crippen LogP contribution in [0.2, 0.25) is 0 Å². The summed E-state index contributed by atoms with van der Waals surface area (Å²) in [5, 5.41) is 9.55. The maximum atomic E-state index is 12.6. The summed E-state index contributed by atoms with van der Waals surface area (Å²) < 4.78 is 5.32. The second kappa shape index (κ2) is 9.72. The second-order valence-corrected chi connectivity index (χ2v) is 8.03. The zero-order valence-electron chi connectivity index (χ0n) is 16.1. The molecule has 3 unspecified atom stereocenters. The quantitative estimate of drug-likeness (QED) is 0.717. The average Bonchev–Trinajstić information content (AvgIpc) is 3.14. The predicted octanol–water partition coefficient (Wildman–Crippen LogP) is 2.88. The van der Waals surface area contributed by atoms with E-state index in [1.165, 1.54) is 25.7 Å². The minimum atomic E-state index is -0.102. The molecule has 0 bridgehead atoms. The summed E-state index contributed by atoms with van der Waals surface area (Å²) >= 11 is 0. The van der Waals surface area contributed by atoms with Crippen molar-refractivity contribution in [1.82, 2.24) is 10.6 Å². The van der Waals surface area contributed by atoms with Crippen molar-refractivity contribution >= 4 is 29.9 Å². The molecule has 3 N–H and O–H groups in total. The van der Waals surface area contributed by atoms with Crippen LogP contribution in [-0.2, 0) is 9.53 Å². The van der Waals surface area contributed by atoms with E-state index in [1.807, 2.05) is 0 Å². The van der Waals surface area contributed by atoms with Crippen molar-refractivity contribution in [3.63, 3.8) is 0 Å². The fourth-order valence-electron chi connectivity index (χ4n) is 4.57. The Kier molecular flexibility index (Phi) is 7.32. The third-order valence-corrected chi connectivity index (χ3v) is 6.15. The number of benzene rings is 1. The van der Waals surface area contributed by atoms with Crippen LogP contribution in [0.3, 0.4) is 0 Å². The van der Waals surface area contributed by atoms with Crippen molar-refractivity contribution in [3.8, 4) is 0 Å². The number of fused-ring (bicyclic) bond motifs is 1. The molecule has 28 heavy (non-hydrogen) atoms. The lowest BCUT2D eigenvalue weighted by Crippen LogP contribution is -2.40. The van der Waals surface area contributed by atoms with E-state index in [4.69, 9.17) is 4.74 Å². The maximum Gasteiger partial charge on any atom is 0.251 e. The zero-order chi connectivity index (χ0) is 18.6. The largest absolute Gasteiger partial charge is 0.381 e. The van der Waals surface area contributed by atoms with Crippen molar-refractivity contribution < 1.29 is 14.3 Å². The van der Waals surface area contributed by atoms with Crippen molar-refractivity contribution in [2.24, 2.45) is 5.92 Å². The first-order chi connectivity index (χ1) is 13.2. The molecule has 1 aromatic carbocycles. The van der Waals surface area contributed by atoms with E-state index in [2.05, 4.69) is 16.0 Å². The van der Waals surface area contributed by atoms with Gasteiger partial charge in [0.15, 0.2) is 0 Å². The fourth-order valence-corrected chi connectivity index (χ4v) is 4.57. The summed E-state index contributed by atoms with van der Waals surface area (Å²) in [5.41, 5.74) is 1.35. The van der Waals surface area contributed by atoms with Gasteiger partial charge in [-0.1, -0.05) is 12.8 Å². The molecule has 2 aliphatic heterocycles. The Balaban J connectivity index is 0.00000225. The van der Waals surface area contributed by atoms with Crippen LogP contribution in [-0.4, -0.2) is 43.2 Å². The highest BCUT2D eigenvalue weighted by Gasteiger charge is 2.38. The molecular weight excluding hydrogens is 378 g/mol. The Morgan fingerprint density at radius 1 is 1.00 bits per heavy atom. The number of hydrogen-bond acceptors (Lipinski definition) is 4. The summed E-state index contributed by atoms with van der Waals surface area (Å²) in [7, 11) is 0. The standard InChI is InChI=1S/C21H29N3O3.ClH/c25-20(22-17-9-11-27-12-10-17)14-5-7-16(8-6-14)23-21(26)19-13-15-3-1-2-4-18(15)24-19;/h5-8,15,17-19,24H,1-4,9-13H2,(H,22,25)(H,23,26);1H. The Labute approximate surface area is 172 Å². The van der Waals surface area contributed by atoms with Gasteiger partial charge < -0.3 is 20.7 Å². The van der Waals surface area contributed by atoms with Crippen molar-refractivity contribution in [3.05, 3.63) is 29.8 Å². The summed E-state index contributed by atoms with van der Waals surface area (Å²) in [6, 6.07) is 7.73. The molecule has 7 heteroatoms. The van der Waals surface area contributed by atoms with Crippen molar-refractivity contribution in [2.75, 3.05) is 18.5 Å². The van der Waals surface area contributed by atoms with E-state index in [0.717, 1.165) is 24.9 Å². The lowest BCUT2D eigenvalue weighted by Gasteiger charge is -2.24. The van der Waals surface area contributed by atoms with Crippen LogP contribution in [0, 0.1) is 5.92 Å². The van der Waals surface area contributed by atoms with Crippen LogP contribution in [0.15, 0.2) is 24.3 Å². The van der Waals surface area contributed by atoms with Gasteiger partial charge in [-0.3, -0.25) is 9.59 Å². The third kappa shape index (κ3) is 5.04. The van der Waals surface area contributed by atoms with Crippen LogP contribution >= 0.6 is 12.4 Å². The molecule has 4 rings (SSSR count). The molecule has 1 saturated carbocycles. The first-order valence-electron chi connectivity index (χ1n) is 10.2. The van der Waals surface area contributed by atoms with E-state index >= 15 is 0 Å². The molecule has 154 valence electrons. The van der Waals surface area contributed by atoms with Crippen molar-refractivity contribution in [2.45, 2.75) is 63.1 Å². The molecule has 0 spiro atoms. The lowest BCUT2D eigenvalue weighted by molar-refractivity contribution is -0.117. The van der Waals surface area contributed by atoms with Crippen LogP contribution < -0.4 is 16.0 Å². The Hall–Kier alpha value is -1.63. The first-order valence-corrected chi connectivity index (χ1v) is 10.2. The minimum Gasteiger partial charge on any atom is -0.381 e. The Morgan fingerprint density at radius 3 is 2.43 bits per heavy atom. The lowest BCUT2D eigenvalue weighted by atomic mass is 9.85. The average molecular weight is 408 g/mol. The number of carbonyl (C=O) groups excluding carboxylic acids is 2. The van der Waals surface area contributed by atoms with E-state index in [9.17, 15) is 9.59 Å². The topological polar surface area (TPSA) is 79.5 Å². The SMILES string of the molecule is Cl.O=C(NC1CCOCC1)c1ccc(NC(=O)C2CC3CCCCC3N2)cc1. The van der Waals surface area contributed by atoms with Gasteiger partial charge >= 0.3 is 0 Å². The van der Waals surface area contributed by atoms with Gasteiger partial charge in [0.1, 0.15) is 0 Å². The number of halogens is 1. The Bertz CT molecular complexity index is 662. The number of amides is 2. The van der Waals surface area contributed by atoms with Crippen LogP contribution in [0.25, 0.3) is 0 Å². The van der Waals surface area contributed by atoms with E-state index in [-0.39, 0.29) is 36.3 Å². The molecule has 1 aromatic rings. The zero-order valence-corrected chi connectivity index (χ0v) is 16.9. The van der Waals surface area contributed by atoms with Crippen LogP contribution in [0.5, 0.6) is 0 Å². The molecule has 0 radical (unpaired) electrons. The van der Waals surface area contributed by atoms with Gasteiger partial charge in [0.05, 0.1) is 6.04 Å². The molecular formula is C21H30ClN3O3. The first kappa shape index (κ1) is 21.1. The molecule has 6 nitrogen and oxygen atoms in total. The minimum absolute atomic E-state index is 0. The monoisotopic (exact) mass is 407 g/mol. The highest BCUT2D eigenvalue weighted by Crippen LogP contribution is 2.33. The molecule has 3 aliphatic rings. The number of nitrogens with one attached hydrogen (secondary N) is 3. The van der Waals surface area contributed by atoms with Crippen LogP contribution in [0.4, 0.5) is 5.69 Å². The molecule has 0 aromatic heterocycles. The van der Waals surface area contributed by atoms with E-state index < -0.39 is 0 Å². The number of hydrogen-bond donors (Lipinski definition) is 3. The van der Waals surface area contributed by atoms with Gasteiger partial charge in [-0.25, -0.2) is 0 Å². The van der Waals surface area contributed by atoms with Gasteiger partial charge in [0, 0.05) is 36.5 Å². The van der Waals surface area contributed by atoms with Gasteiger partial charge in [-0.05, 0) is 62.3 Å². The maximum absolute atomic E-state index is 12.6. The molecule has 3 atom stereocenters. The number of ether oxygens (including phenoxy) is 1. The van der Waals surface area contributed by atoms with Gasteiger partial charge in [-0.15, -0.1) is 12.4 Å². The van der Waals surface area contributed by atoms with Gasteiger partial charge in [-0.2, -0.15) is 0 Å². The number of rotatable bonds is 4. The highest BCUT2D eigenvalue weighted by molar-refractivity contribution is 5.97. The highest BCUT2D eigenvalue weighted by atomic mass is 35.5. The predicted molar refractivity (Wildman–Crippen MR) is 111 cm³/mol. The summed E-state index contributed by atoms with van der Waals surface area (Å²) in [4.78, 5) is 24.9. The molecule has 2 saturated heterocycles. The summed E-state index contributed by atoms with van der Waals surface area (Å²) in [6.07, 6.45) is 7.62. The van der Waals surface area contributed by atoms with Gasteiger partial charge in [0.25, 0.3) is 5.91 Å². The molecule has 3 fully saturated rings. The molecule has 2 heterocycles. The van der Waals surface area contributed by atoms with Crippen molar-refractivity contribution in [1.29, 1.82) is 0 Å². The number of anilines is 1. The van der Waals surface area contributed by atoms with E-state index in [1.54, 1.807) is 24.3 Å². The summed E-state index contributed by atoms with van der Waals surface area (Å²) in [5.74, 6) is 0.607. The van der Waals surface area contributed by atoms with Gasteiger partial charge in [0.2, 0.25) is 5.91 Å². The van der Waals surface area contributed by atoms with Crippen LogP contribution in [0.1, 0.15) is 55.3 Å². The normalized spacial score (nSPS) is 27.4. The van der Waals surface area contributed by atoms with E-state index in [0.29, 0.717) is 30.7 Å². The third-order valence-electron chi connectivity index (χ3n) is 6.15. The second-order valence-electron chi connectivity index (χ2n) is 8.03. The molecule has 1 aliphatic carbocycles.